The van der Waals surface area contributed by atoms with Gasteiger partial charge in [0, 0.05) is 5.75 Å². The molecule has 0 aliphatic rings. The smallest absolute Gasteiger partial charge is 0.266 e. The van der Waals surface area contributed by atoms with E-state index in [9.17, 15) is 16.8 Å². The molecule has 0 atom stereocenters. The van der Waals surface area contributed by atoms with Crippen molar-refractivity contribution in [2.45, 2.75) is 31.6 Å². The second-order valence-electron chi connectivity index (χ2n) is 4.59. The Kier molecular flexibility index (Phi) is 6.16. The predicted octanol–water partition coefficient (Wildman–Crippen LogP) is 1.92. The molecule has 0 fully saturated rings. The van der Waals surface area contributed by atoms with Crippen LogP contribution in [0.25, 0.3) is 0 Å². The molecule has 0 saturated carbocycles. The molecule has 1 aromatic carbocycles. The highest BCUT2D eigenvalue weighted by Crippen LogP contribution is 2.13. The molecule has 0 spiro atoms. The molecule has 0 radical (unpaired) electrons. The van der Waals surface area contributed by atoms with E-state index in [1.165, 1.54) is 12.1 Å². The summed E-state index contributed by atoms with van der Waals surface area (Å²) in [5.41, 5.74) is 0.953. The van der Waals surface area contributed by atoms with Crippen LogP contribution in [0.3, 0.4) is 0 Å². The molecule has 1 rings (SSSR count). The van der Waals surface area contributed by atoms with Crippen molar-refractivity contribution in [3.63, 3.8) is 0 Å². The number of rotatable bonds is 8. The minimum atomic E-state index is -3.80. The van der Waals surface area contributed by atoms with Crippen LogP contribution in [0.5, 0.6) is 0 Å². The number of hydrogen-bond acceptors (Lipinski definition) is 5. The van der Waals surface area contributed by atoms with Crippen LogP contribution in [0.1, 0.15) is 25.3 Å². The lowest BCUT2D eigenvalue weighted by Gasteiger charge is -2.06. The fraction of sp³-hybridized carbons (Fsp3) is 0.538. The first-order valence-electron chi connectivity index (χ1n) is 6.43. The van der Waals surface area contributed by atoms with Gasteiger partial charge in [0.1, 0.15) is 9.84 Å². The highest BCUT2D eigenvalue weighted by atomic mass is 32.2. The largest absolute Gasteiger partial charge is 0.296 e. The molecule has 0 aliphatic carbocycles. The van der Waals surface area contributed by atoms with Gasteiger partial charge in [0.2, 0.25) is 0 Å². The first kappa shape index (κ1) is 17.1. The van der Waals surface area contributed by atoms with Gasteiger partial charge in [-0.1, -0.05) is 24.6 Å². The zero-order valence-electron chi connectivity index (χ0n) is 11.7. The molecule has 0 N–H and O–H groups in total. The molecule has 5 nitrogen and oxygen atoms in total. The first-order valence-corrected chi connectivity index (χ1v) is 9.66. The highest BCUT2D eigenvalue weighted by molar-refractivity contribution is 7.91. The lowest BCUT2D eigenvalue weighted by atomic mass is 10.2. The number of aryl methyl sites for hydroxylation is 1. The standard InChI is InChI=1S/C13H20O5S2/c1-3-10-19(14,15)11-4-9-18-20(16,17)13-7-5-12(2)6-8-13/h5-8H,3-4,9-11H2,1-2H3. The SMILES string of the molecule is CCCS(=O)(=O)CCCOS(=O)(=O)c1ccc(C)cc1. The number of sulfone groups is 1. The molecule has 0 unspecified atom stereocenters. The second-order valence-corrected chi connectivity index (χ2v) is 8.51. The Labute approximate surface area is 121 Å². The van der Waals surface area contributed by atoms with Gasteiger partial charge in [-0.2, -0.15) is 8.42 Å². The number of hydrogen-bond donors (Lipinski definition) is 0. The highest BCUT2D eigenvalue weighted by Gasteiger charge is 2.15. The van der Waals surface area contributed by atoms with E-state index in [0.717, 1.165) is 5.56 Å². The molecule has 0 heterocycles. The van der Waals surface area contributed by atoms with Crippen LogP contribution in [0.15, 0.2) is 29.2 Å². The summed E-state index contributed by atoms with van der Waals surface area (Å²) < 4.78 is 51.4. The summed E-state index contributed by atoms with van der Waals surface area (Å²) in [4.78, 5) is 0.0829. The fourth-order valence-electron chi connectivity index (χ4n) is 1.63. The fourth-order valence-corrected chi connectivity index (χ4v) is 3.96. The van der Waals surface area contributed by atoms with E-state index in [-0.39, 0.29) is 29.4 Å². The van der Waals surface area contributed by atoms with E-state index in [1.54, 1.807) is 19.1 Å². The van der Waals surface area contributed by atoms with Crippen molar-refractivity contribution < 1.29 is 21.0 Å². The third kappa shape index (κ3) is 5.60. The Morgan fingerprint density at radius 2 is 1.60 bits per heavy atom. The van der Waals surface area contributed by atoms with Crippen molar-refractivity contribution in [2.24, 2.45) is 0 Å². The van der Waals surface area contributed by atoms with Gasteiger partial charge < -0.3 is 0 Å². The van der Waals surface area contributed by atoms with Gasteiger partial charge in [0.25, 0.3) is 10.1 Å². The lowest BCUT2D eigenvalue weighted by molar-refractivity contribution is 0.318. The Balaban J connectivity index is 2.51. The molecule has 1 aromatic rings. The molecule has 114 valence electrons. The van der Waals surface area contributed by atoms with Gasteiger partial charge >= 0.3 is 0 Å². The monoisotopic (exact) mass is 320 g/mol. The molecule has 0 saturated heterocycles. The summed E-state index contributed by atoms with van der Waals surface area (Å²) in [6.45, 7) is 3.52. The molecule has 0 bridgehead atoms. The van der Waals surface area contributed by atoms with Crippen LogP contribution in [0.4, 0.5) is 0 Å². The third-order valence-electron chi connectivity index (χ3n) is 2.66. The maximum Gasteiger partial charge on any atom is 0.296 e. The van der Waals surface area contributed by atoms with Crippen molar-refractivity contribution in [2.75, 3.05) is 18.1 Å². The van der Waals surface area contributed by atoms with Crippen molar-refractivity contribution in [3.8, 4) is 0 Å². The maximum absolute atomic E-state index is 11.8. The minimum absolute atomic E-state index is 0.0513. The first-order chi connectivity index (χ1) is 9.27. The van der Waals surface area contributed by atoms with E-state index in [4.69, 9.17) is 4.18 Å². The molecular weight excluding hydrogens is 300 g/mol. The van der Waals surface area contributed by atoms with Crippen molar-refractivity contribution in [3.05, 3.63) is 29.8 Å². The van der Waals surface area contributed by atoms with Gasteiger partial charge in [-0.15, -0.1) is 0 Å². The normalized spacial score (nSPS) is 12.5. The zero-order chi connectivity index (χ0) is 15.2. The second kappa shape index (κ2) is 7.19. The minimum Gasteiger partial charge on any atom is -0.266 e. The van der Waals surface area contributed by atoms with Gasteiger partial charge in [-0.05, 0) is 31.9 Å². The zero-order valence-corrected chi connectivity index (χ0v) is 13.3. The molecule has 0 aromatic heterocycles. The van der Waals surface area contributed by atoms with Crippen molar-refractivity contribution >= 4 is 20.0 Å². The predicted molar refractivity (Wildman–Crippen MR) is 77.9 cm³/mol. The average molecular weight is 320 g/mol. The summed E-state index contributed by atoms with van der Waals surface area (Å²) in [5.74, 6) is 0.0714. The Hall–Kier alpha value is -0.920. The van der Waals surface area contributed by atoms with Crippen molar-refractivity contribution in [1.82, 2.24) is 0 Å². The molecule has 0 aliphatic heterocycles. The van der Waals surface area contributed by atoms with Crippen LogP contribution < -0.4 is 0 Å². The average Bonchev–Trinajstić information content (AvgIpc) is 2.35. The summed E-state index contributed by atoms with van der Waals surface area (Å²) >= 11 is 0. The molecular formula is C13H20O5S2. The topological polar surface area (TPSA) is 77.5 Å². The Morgan fingerprint density at radius 1 is 1.00 bits per heavy atom. The van der Waals surface area contributed by atoms with Gasteiger partial charge in [-0.25, -0.2) is 8.42 Å². The van der Waals surface area contributed by atoms with E-state index < -0.39 is 20.0 Å². The maximum atomic E-state index is 11.8. The van der Waals surface area contributed by atoms with E-state index in [1.807, 2.05) is 6.92 Å². The van der Waals surface area contributed by atoms with E-state index in [0.29, 0.717) is 6.42 Å². The summed E-state index contributed by atoms with van der Waals surface area (Å²) in [6, 6.07) is 6.31. The summed E-state index contributed by atoms with van der Waals surface area (Å²) in [7, 11) is -6.90. The van der Waals surface area contributed by atoms with Crippen LogP contribution in [0, 0.1) is 6.92 Å². The van der Waals surface area contributed by atoms with E-state index >= 15 is 0 Å². The third-order valence-corrected chi connectivity index (χ3v) is 5.93. The van der Waals surface area contributed by atoms with Crippen LogP contribution in [0.2, 0.25) is 0 Å². The van der Waals surface area contributed by atoms with Crippen LogP contribution in [-0.2, 0) is 24.1 Å². The lowest BCUT2D eigenvalue weighted by Crippen LogP contribution is -2.14. The quantitative estimate of drug-likeness (QED) is 0.540. The molecule has 0 amide bonds. The summed E-state index contributed by atoms with van der Waals surface area (Å²) in [6.07, 6.45) is 0.734. The summed E-state index contributed by atoms with van der Waals surface area (Å²) in [5, 5.41) is 0. The van der Waals surface area contributed by atoms with E-state index in [2.05, 4.69) is 0 Å². The van der Waals surface area contributed by atoms with Gasteiger partial charge in [-0.3, -0.25) is 4.18 Å². The van der Waals surface area contributed by atoms with Gasteiger partial charge in [0.15, 0.2) is 0 Å². The van der Waals surface area contributed by atoms with Gasteiger partial charge in [0.05, 0.1) is 17.3 Å². The van der Waals surface area contributed by atoms with Crippen LogP contribution >= 0.6 is 0 Å². The van der Waals surface area contributed by atoms with Crippen molar-refractivity contribution in [1.29, 1.82) is 0 Å². The Bertz CT molecular complexity index is 615. The Morgan fingerprint density at radius 3 is 2.15 bits per heavy atom. The molecule has 20 heavy (non-hydrogen) atoms. The molecule has 7 heteroatoms. The van der Waals surface area contributed by atoms with Crippen LogP contribution in [-0.4, -0.2) is 34.9 Å². The number of benzene rings is 1.